The predicted octanol–water partition coefficient (Wildman–Crippen LogP) is 4.71. The van der Waals surface area contributed by atoms with Crippen LogP contribution in [0.25, 0.3) is 5.57 Å². The Morgan fingerprint density at radius 1 is 1.33 bits per heavy atom. The first kappa shape index (κ1) is 14.9. The molecule has 21 heavy (non-hydrogen) atoms. The topological polar surface area (TPSA) is 38.0 Å². The number of hydrogen-bond donors (Lipinski definition) is 2. The Bertz CT molecular complexity index is 566. The van der Waals surface area contributed by atoms with Crippen LogP contribution in [0.2, 0.25) is 0 Å². The zero-order chi connectivity index (χ0) is 15.0. The third-order valence-corrected chi connectivity index (χ3v) is 5.76. The Morgan fingerprint density at radius 3 is 2.76 bits per heavy atom. The molecule has 1 heterocycles. The number of hydrogen-bond acceptors (Lipinski definition) is 3. The van der Waals surface area contributed by atoms with E-state index in [1.165, 1.54) is 45.1 Å². The van der Waals surface area contributed by atoms with Crippen LogP contribution in [0.15, 0.2) is 18.9 Å². The minimum Gasteiger partial charge on any atom is -0.350 e. The third-order valence-electron chi connectivity index (χ3n) is 4.55. The van der Waals surface area contributed by atoms with Crippen molar-refractivity contribution in [1.29, 1.82) is 0 Å². The zero-order valence-corrected chi connectivity index (χ0v) is 13.8. The van der Waals surface area contributed by atoms with Crippen LogP contribution in [0.4, 0.5) is 5.00 Å². The van der Waals surface area contributed by atoms with Gasteiger partial charge in [0, 0.05) is 22.2 Å². The highest BCUT2D eigenvalue weighted by molar-refractivity contribution is 7.16. The smallest absolute Gasteiger partial charge is 0.101 e. The van der Waals surface area contributed by atoms with E-state index in [1.54, 1.807) is 0 Å². The Hall–Kier alpha value is -1.06. The van der Waals surface area contributed by atoms with Gasteiger partial charge in [-0.15, -0.1) is 11.3 Å². The van der Waals surface area contributed by atoms with Gasteiger partial charge >= 0.3 is 0 Å². The van der Waals surface area contributed by atoms with Crippen molar-refractivity contribution in [2.75, 3.05) is 5.32 Å². The van der Waals surface area contributed by atoms with Gasteiger partial charge in [-0.05, 0) is 55.6 Å². The molecule has 1 aromatic rings. The Morgan fingerprint density at radius 2 is 2.10 bits per heavy atom. The van der Waals surface area contributed by atoms with Crippen LogP contribution in [-0.4, -0.2) is 6.04 Å². The fourth-order valence-corrected chi connectivity index (χ4v) is 4.51. The molecule has 1 unspecified atom stereocenters. The lowest BCUT2D eigenvalue weighted by atomic mass is 9.89. The van der Waals surface area contributed by atoms with Crippen molar-refractivity contribution >= 4 is 21.9 Å². The average molecular weight is 302 g/mol. The van der Waals surface area contributed by atoms with E-state index >= 15 is 0 Å². The predicted molar refractivity (Wildman–Crippen MR) is 93.7 cm³/mol. The number of fused-ring (bicyclic) bond motifs is 1. The van der Waals surface area contributed by atoms with Crippen LogP contribution in [0.1, 0.15) is 55.0 Å². The largest absolute Gasteiger partial charge is 0.350 e. The third kappa shape index (κ3) is 3.09. The van der Waals surface area contributed by atoms with E-state index < -0.39 is 0 Å². The fourth-order valence-electron chi connectivity index (χ4n) is 3.18. The Labute approximate surface area is 132 Å². The first-order valence-electron chi connectivity index (χ1n) is 8.14. The van der Waals surface area contributed by atoms with Crippen LogP contribution in [0, 0.1) is 5.92 Å². The van der Waals surface area contributed by atoms with Gasteiger partial charge in [-0.2, -0.15) is 0 Å². The van der Waals surface area contributed by atoms with E-state index in [-0.39, 0.29) is 0 Å². The molecular weight excluding hydrogens is 276 g/mol. The van der Waals surface area contributed by atoms with Crippen molar-refractivity contribution in [3.63, 3.8) is 0 Å². The van der Waals surface area contributed by atoms with Crippen LogP contribution in [0.3, 0.4) is 0 Å². The lowest BCUT2D eigenvalue weighted by molar-refractivity contribution is 0.582. The number of nitrogens with one attached hydrogen (secondary N) is 1. The molecule has 0 aromatic carbocycles. The maximum atomic E-state index is 6.20. The summed E-state index contributed by atoms with van der Waals surface area (Å²) in [6.07, 6.45) is 7.99. The molecule has 3 N–H and O–H groups in total. The molecule has 0 radical (unpaired) electrons. The van der Waals surface area contributed by atoms with Crippen LogP contribution < -0.4 is 11.1 Å². The summed E-state index contributed by atoms with van der Waals surface area (Å²) in [6.45, 7) is 10.8. The number of anilines is 1. The minimum atomic E-state index is 0.305. The van der Waals surface area contributed by atoms with Gasteiger partial charge in [0.1, 0.15) is 5.00 Å². The van der Waals surface area contributed by atoms with E-state index in [9.17, 15) is 0 Å². The highest BCUT2D eigenvalue weighted by Gasteiger charge is 2.28. The van der Waals surface area contributed by atoms with E-state index in [2.05, 4.69) is 25.4 Å². The lowest BCUT2D eigenvalue weighted by Crippen LogP contribution is -2.27. The molecule has 2 aliphatic rings. The summed E-state index contributed by atoms with van der Waals surface area (Å²) in [5.74, 6) is 0.679. The van der Waals surface area contributed by atoms with Crippen molar-refractivity contribution in [2.24, 2.45) is 11.7 Å². The average Bonchev–Trinajstić information content (AvgIpc) is 3.22. The molecule has 2 nitrogen and oxygen atoms in total. The summed E-state index contributed by atoms with van der Waals surface area (Å²) in [6, 6.07) is 0.305. The molecule has 114 valence electrons. The molecule has 0 saturated heterocycles. The van der Waals surface area contributed by atoms with Gasteiger partial charge in [0.2, 0.25) is 0 Å². The number of rotatable bonds is 6. The van der Waals surface area contributed by atoms with Crippen LogP contribution in [-0.2, 0) is 12.8 Å². The highest BCUT2D eigenvalue weighted by Crippen LogP contribution is 2.44. The number of nitrogens with two attached hydrogens (primary N) is 1. The lowest BCUT2D eigenvalue weighted by Gasteiger charge is -2.20. The van der Waals surface area contributed by atoms with Crippen molar-refractivity contribution < 1.29 is 0 Å². The molecule has 0 bridgehead atoms. The second-order valence-corrected chi connectivity index (χ2v) is 7.59. The molecular formula is C18H26N2S. The van der Waals surface area contributed by atoms with Gasteiger partial charge in [-0.1, -0.05) is 26.5 Å². The van der Waals surface area contributed by atoms with Crippen molar-refractivity contribution in [2.45, 2.75) is 57.9 Å². The van der Waals surface area contributed by atoms with E-state index in [0.717, 1.165) is 32.1 Å². The standard InChI is InChI=1S/C18H26N2S/c1-4-5-11(2)17-15-10-14(19)8-9-16(15)21-18(17)20-12(3)13-6-7-13/h13-14,20H,2-10,19H2,1H3. The molecule has 3 rings (SSSR count). The molecule has 3 heteroatoms. The van der Waals surface area contributed by atoms with E-state index in [0.29, 0.717) is 12.0 Å². The SMILES string of the molecule is C=C(CCC)c1c(NC(=C)C2CC2)sc2c1CC(N)CC2. The van der Waals surface area contributed by atoms with Gasteiger partial charge in [0.25, 0.3) is 0 Å². The van der Waals surface area contributed by atoms with E-state index in [1.807, 2.05) is 11.3 Å². The van der Waals surface area contributed by atoms with Gasteiger partial charge in [-0.3, -0.25) is 0 Å². The zero-order valence-electron chi connectivity index (χ0n) is 13.0. The molecule has 1 aromatic heterocycles. The number of allylic oxidation sites excluding steroid dienone is 2. The maximum Gasteiger partial charge on any atom is 0.101 e. The van der Waals surface area contributed by atoms with Gasteiger partial charge < -0.3 is 11.1 Å². The second kappa shape index (κ2) is 5.98. The molecule has 2 aliphatic carbocycles. The van der Waals surface area contributed by atoms with Crippen LogP contribution >= 0.6 is 11.3 Å². The van der Waals surface area contributed by atoms with Gasteiger partial charge in [-0.25, -0.2) is 0 Å². The first-order valence-corrected chi connectivity index (χ1v) is 8.95. The fraction of sp³-hybridized carbons (Fsp3) is 0.556. The van der Waals surface area contributed by atoms with Crippen molar-refractivity contribution in [1.82, 2.24) is 0 Å². The summed E-state index contributed by atoms with van der Waals surface area (Å²) in [7, 11) is 0. The molecule has 0 amide bonds. The summed E-state index contributed by atoms with van der Waals surface area (Å²) >= 11 is 1.90. The number of thiophene rings is 1. The summed E-state index contributed by atoms with van der Waals surface area (Å²) in [5, 5.41) is 4.87. The van der Waals surface area contributed by atoms with Crippen molar-refractivity contribution in [3.05, 3.63) is 34.9 Å². The minimum absolute atomic E-state index is 0.305. The maximum absolute atomic E-state index is 6.20. The molecule has 1 atom stereocenters. The Kier molecular flexibility index (Phi) is 4.23. The number of aryl methyl sites for hydroxylation is 1. The van der Waals surface area contributed by atoms with Crippen LogP contribution in [0.5, 0.6) is 0 Å². The van der Waals surface area contributed by atoms with Gasteiger partial charge in [0.05, 0.1) is 0 Å². The molecule has 0 spiro atoms. The summed E-state index contributed by atoms with van der Waals surface area (Å²) in [4.78, 5) is 1.51. The summed E-state index contributed by atoms with van der Waals surface area (Å²) < 4.78 is 0. The molecule has 1 fully saturated rings. The first-order chi connectivity index (χ1) is 10.1. The quantitative estimate of drug-likeness (QED) is 0.798. The monoisotopic (exact) mass is 302 g/mol. The van der Waals surface area contributed by atoms with Gasteiger partial charge in [0.15, 0.2) is 0 Å². The van der Waals surface area contributed by atoms with E-state index in [4.69, 9.17) is 5.73 Å². The van der Waals surface area contributed by atoms with Crippen molar-refractivity contribution in [3.8, 4) is 0 Å². The molecule has 0 aliphatic heterocycles. The molecule has 1 saturated carbocycles. The normalized spacial score (nSPS) is 21.0. The Balaban J connectivity index is 1.93. The second-order valence-electron chi connectivity index (χ2n) is 6.49. The summed E-state index contributed by atoms with van der Waals surface area (Å²) in [5.41, 5.74) is 11.5. The highest BCUT2D eigenvalue weighted by atomic mass is 32.1.